The second-order valence-electron chi connectivity index (χ2n) is 6.02. The number of nitrogens with zero attached hydrogens (tertiary/aromatic N) is 1. The molecule has 130 valence electrons. The monoisotopic (exact) mass is 380 g/mol. The van der Waals surface area contributed by atoms with E-state index in [4.69, 9.17) is 28.9 Å². The quantitative estimate of drug-likeness (QED) is 0.795. The van der Waals surface area contributed by atoms with Gasteiger partial charge in [-0.05, 0) is 37.1 Å². The van der Waals surface area contributed by atoms with Crippen LogP contribution < -0.4 is 10.6 Å². The minimum absolute atomic E-state index is 0.0164. The molecule has 2 aromatic carbocycles. The van der Waals surface area contributed by atoms with E-state index in [1.165, 1.54) is 11.0 Å². The summed E-state index contributed by atoms with van der Waals surface area (Å²) in [4.78, 5) is 26.3. The third-order valence-electron chi connectivity index (χ3n) is 4.39. The summed E-state index contributed by atoms with van der Waals surface area (Å²) in [7, 11) is 0. The molecule has 2 N–H and O–H groups in total. The third-order valence-corrected chi connectivity index (χ3v) is 4.99. The van der Waals surface area contributed by atoms with Gasteiger partial charge in [-0.1, -0.05) is 41.4 Å². The zero-order valence-electron chi connectivity index (χ0n) is 13.3. The van der Waals surface area contributed by atoms with Crippen LogP contribution >= 0.6 is 23.2 Å². The topological polar surface area (TPSA) is 63.4 Å². The summed E-state index contributed by atoms with van der Waals surface area (Å²) < 4.78 is 13.8. The van der Waals surface area contributed by atoms with Crippen molar-refractivity contribution in [3.63, 3.8) is 0 Å². The highest BCUT2D eigenvalue weighted by Crippen LogP contribution is 2.39. The number of nitrogens with two attached hydrogens (primary N) is 1. The Hall–Kier alpha value is -2.11. The average Bonchev–Trinajstić information content (AvgIpc) is 2.56. The fourth-order valence-electron chi connectivity index (χ4n) is 3.21. The molecule has 2 amide bonds. The fourth-order valence-corrected chi connectivity index (χ4v) is 3.67. The third kappa shape index (κ3) is 3.10. The number of fused-ring (bicyclic) bond motifs is 1. The van der Waals surface area contributed by atoms with Gasteiger partial charge in [0.25, 0.3) is 5.91 Å². The Labute approximate surface area is 154 Å². The maximum absolute atomic E-state index is 13.8. The van der Waals surface area contributed by atoms with Crippen molar-refractivity contribution < 1.29 is 14.0 Å². The van der Waals surface area contributed by atoms with E-state index in [1.807, 2.05) is 6.92 Å². The maximum Gasteiger partial charge on any atom is 0.260 e. The summed E-state index contributed by atoms with van der Waals surface area (Å²) in [6.45, 7) is 1.81. The second kappa shape index (κ2) is 6.65. The van der Waals surface area contributed by atoms with Gasteiger partial charge in [-0.2, -0.15) is 0 Å². The molecule has 1 aliphatic rings. The Morgan fingerprint density at radius 3 is 2.56 bits per heavy atom. The van der Waals surface area contributed by atoms with Crippen LogP contribution in [0.4, 0.5) is 10.1 Å². The Kier molecular flexibility index (Phi) is 4.71. The van der Waals surface area contributed by atoms with E-state index in [9.17, 15) is 14.0 Å². The van der Waals surface area contributed by atoms with E-state index in [-0.39, 0.29) is 21.7 Å². The highest BCUT2D eigenvalue weighted by Gasteiger charge is 2.37. The van der Waals surface area contributed by atoms with E-state index in [1.54, 1.807) is 24.3 Å². The van der Waals surface area contributed by atoms with E-state index >= 15 is 0 Å². The van der Waals surface area contributed by atoms with Crippen LogP contribution in [-0.4, -0.2) is 17.9 Å². The first-order valence-corrected chi connectivity index (χ1v) is 8.43. The van der Waals surface area contributed by atoms with Crippen LogP contribution in [0.2, 0.25) is 10.0 Å². The van der Waals surface area contributed by atoms with Crippen molar-refractivity contribution in [2.75, 3.05) is 4.90 Å². The zero-order valence-corrected chi connectivity index (χ0v) is 14.8. The Morgan fingerprint density at radius 1 is 1.20 bits per heavy atom. The molecule has 1 heterocycles. The lowest BCUT2D eigenvalue weighted by molar-refractivity contribution is -0.119. The highest BCUT2D eigenvalue weighted by molar-refractivity contribution is 6.37. The lowest BCUT2D eigenvalue weighted by Crippen LogP contribution is -2.45. The number of amides is 2. The zero-order chi connectivity index (χ0) is 18.3. The van der Waals surface area contributed by atoms with E-state index in [2.05, 4.69) is 0 Å². The molecular formula is C18H15Cl2FN2O2. The summed E-state index contributed by atoms with van der Waals surface area (Å²) in [5, 5.41) is -0.0828. The molecule has 0 fully saturated rings. The van der Waals surface area contributed by atoms with Crippen LogP contribution in [0.15, 0.2) is 36.4 Å². The second-order valence-corrected chi connectivity index (χ2v) is 6.83. The van der Waals surface area contributed by atoms with Crippen molar-refractivity contribution in [1.29, 1.82) is 0 Å². The van der Waals surface area contributed by atoms with Crippen LogP contribution in [0.3, 0.4) is 0 Å². The lowest BCUT2D eigenvalue weighted by atomic mass is 9.85. The molecular weight excluding hydrogens is 366 g/mol. The van der Waals surface area contributed by atoms with Gasteiger partial charge in [0.2, 0.25) is 5.91 Å². The number of para-hydroxylation sites is 1. The van der Waals surface area contributed by atoms with Gasteiger partial charge in [0.1, 0.15) is 5.82 Å². The Bertz CT molecular complexity index is 872. The largest absolute Gasteiger partial charge is 0.369 e. The van der Waals surface area contributed by atoms with Crippen LogP contribution in [0.5, 0.6) is 0 Å². The van der Waals surface area contributed by atoms with Crippen molar-refractivity contribution in [1.82, 2.24) is 0 Å². The average molecular weight is 381 g/mol. The van der Waals surface area contributed by atoms with Gasteiger partial charge in [0.15, 0.2) is 0 Å². The van der Waals surface area contributed by atoms with Crippen molar-refractivity contribution in [2.45, 2.75) is 25.3 Å². The number of benzene rings is 2. The smallest absolute Gasteiger partial charge is 0.260 e. The number of hydrogen-bond acceptors (Lipinski definition) is 2. The molecule has 4 nitrogen and oxygen atoms in total. The molecule has 25 heavy (non-hydrogen) atoms. The molecule has 3 rings (SSSR count). The van der Waals surface area contributed by atoms with Crippen LogP contribution in [0.1, 0.15) is 35.2 Å². The molecule has 0 bridgehead atoms. The molecule has 7 heteroatoms. The van der Waals surface area contributed by atoms with Gasteiger partial charge in [-0.25, -0.2) is 4.39 Å². The Balaban J connectivity index is 2.10. The number of hydrogen-bond donors (Lipinski definition) is 1. The minimum Gasteiger partial charge on any atom is -0.369 e. The van der Waals surface area contributed by atoms with Gasteiger partial charge in [-0.15, -0.1) is 0 Å². The first-order chi connectivity index (χ1) is 11.8. The minimum atomic E-state index is -0.720. The van der Waals surface area contributed by atoms with Crippen molar-refractivity contribution in [3.8, 4) is 0 Å². The summed E-state index contributed by atoms with van der Waals surface area (Å²) in [6.07, 6.45) is 0.381. The van der Waals surface area contributed by atoms with Crippen molar-refractivity contribution in [2.24, 2.45) is 5.73 Å². The normalized spacial score (nSPS) is 19.4. The standard InChI is InChI=1S/C18H15Cl2FN2O2/c1-9-6-11(17(22)24)10-4-2-3-5-16(10)23(9)18(25)12-7-15(21)14(20)8-13(12)19/h2-5,7-9,11H,6H2,1H3,(H2,22,24)/t9-,11+/m1/s1. The molecule has 0 aromatic heterocycles. The van der Waals surface area contributed by atoms with E-state index in [0.29, 0.717) is 17.7 Å². The maximum atomic E-state index is 13.8. The summed E-state index contributed by atoms with van der Waals surface area (Å²) in [5.74, 6) is -2.10. The van der Waals surface area contributed by atoms with E-state index in [0.717, 1.165) is 6.07 Å². The number of halogens is 3. The molecule has 0 saturated heterocycles. The van der Waals surface area contributed by atoms with Crippen LogP contribution in [0.25, 0.3) is 0 Å². The van der Waals surface area contributed by atoms with Crippen LogP contribution in [-0.2, 0) is 4.79 Å². The molecule has 0 radical (unpaired) electrons. The number of carbonyl (C=O) groups is 2. The van der Waals surface area contributed by atoms with Crippen molar-refractivity contribution >= 4 is 40.7 Å². The number of anilines is 1. The van der Waals surface area contributed by atoms with Crippen molar-refractivity contribution in [3.05, 3.63) is 63.4 Å². The molecule has 2 aromatic rings. The summed E-state index contributed by atoms with van der Waals surface area (Å²) in [5.41, 5.74) is 6.77. The lowest BCUT2D eigenvalue weighted by Gasteiger charge is -2.38. The highest BCUT2D eigenvalue weighted by atomic mass is 35.5. The molecule has 2 atom stereocenters. The Morgan fingerprint density at radius 2 is 1.88 bits per heavy atom. The molecule has 0 saturated carbocycles. The van der Waals surface area contributed by atoms with Gasteiger partial charge in [0, 0.05) is 11.7 Å². The SMILES string of the molecule is C[C@@H]1C[C@H](C(N)=O)c2ccccc2N1C(=O)c1cc(F)c(Cl)cc1Cl. The van der Waals surface area contributed by atoms with E-state index < -0.39 is 23.5 Å². The fraction of sp³-hybridized carbons (Fsp3) is 0.222. The summed E-state index contributed by atoms with van der Waals surface area (Å²) >= 11 is 11.8. The summed E-state index contributed by atoms with van der Waals surface area (Å²) in [6, 6.07) is 8.97. The van der Waals surface area contributed by atoms with Gasteiger partial charge in [0.05, 0.1) is 21.5 Å². The van der Waals surface area contributed by atoms with Gasteiger partial charge < -0.3 is 10.6 Å². The molecule has 0 spiro atoms. The number of rotatable bonds is 2. The first-order valence-electron chi connectivity index (χ1n) is 7.67. The van der Waals surface area contributed by atoms with Gasteiger partial charge in [-0.3, -0.25) is 9.59 Å². The van der Waals surface area contributed by atoms with Gasteiger partial charge >= 0.3 is 0 Å². The number of carbonyl (C=O) groups excluding carboxylic acids is 2. The molecule has 0 aliphatic carbocycles. The molecule has 0 unspecified atom stereocenters. The van der Waals surface area contributed by atoms with Crippen LogP contribution in [0, 0.1) is 5.82 Å². The first kappa shape index (κ1) is 17.7. The predicted molar refractivity (Wildman–Crippen MR) is 95.7 cm³/mol. The molecule has 1 aliphatic heterocycles. The predicted octanol–water partition coefficient (Wildman–Crippen LogP) is 4.14. The number of primary amides is 1.